The third-order valence-electron chi connectivity index (χ3n) is 5.52. The Morgan fingerprint density at radius 1 is 0.973 bits per heavy atom. The van der Waals surface area contributed by atoms with Crippen LogP contribution >= 0.6 is 23.2 Å². The van der Waals surface area contributed by atoms with Crippen molar-refractivity contribution < 1.29 is 35.9 Å². The van der Waals surface area contributed by atoms with Crippen LogP contribution in [0.25, 0.3) is 11.1 Å². The second-order valence-electron chi connectivity index (χ2n) is 7.98. The average Bonchev–Trinajstić information content (AvgIpc) is 2.82. The standard InChI is InChI=1S/C25H20Cl2F6N2O2/c1-3-20(36)35-18-6-7-19(37-2)21(23(18)34)15-4-5-17(26)22(27)16(15)10-12-8-13(24(28,29)30)11-14(9-12)25(31,32)33/h4-9,11H,3,10,34H2,1-2H3,(H,35,36). The van der Waals surface area contributed by atoms with Gasteiger partial charge in [-0.2, -0.15) is 26.3 Å². The number of ether oxygens (including phenoxy) is 1. The molecule has 198 valence electrons. The molecular formula is C25H20Cl2F6N2O2. The molecule has 0 bridgehead atoms. The van der Waals surface area contributed by atoms with Gasteiger partial charge in [0.1, 0.15) is 5.75 Å². The fourth-order valence-electron chi connectivity index (χ4n) is 3.72. The normalized spacial score (nSPS) is 11.9. The summed E-state index contributed by atoms with van der Waals surface area (Å²) in [7, 11) is 1.35. The monoisotopic (exact) mass is 564 g/mol. The van der Waals surface area contributed by atoms with E-state index in [1.165, 1.54) is 31.4 Å². The van der Waals surface area contributed by atoms with Gasteiger partial charge in [0.05, 0.1) is 39.7 Å². The summed E-state index contributed by atoms with van der Waals surface area (Å²) in [6.07, 6.45) is -10.3. The largest absolute Gasteiger partial charge is 0.496 e. The maximum Gasteiger partial charge on any atom is 0.416 e. The fraction of sp³-hybridized carbons (Fsp3) is 0.240. The molecule has 3 aromatic carbocycles. The van der Waals surface area contributed by atoms with Gasteiger partial charge >= 0.3 is 12.4 Å². The molecule has 12 heteroatoms. The second-order valence-corrected chi connectivity index (χ2v) is 8.77. The Bertz CT molecular complexity index is 1310. The highest BCUT2D eigenvalue weighted by Crippen LogP contribution is 2.45. The van der Waals surface area contributed by atoms with Gasteiger partial charge < -0.3 is 15.8 Å². The molecule has 3 aromatic rings. The third kappa shape index (κ3) is 6.24. The molecule has 37 heavy (non-hydrogen) atoms. The number of halogens is 8. The van der Waals surface area contributed by atoms with Crippen molar-refractivity contribution in [3.8, 4) is 16.9 Å². The maximum atomic E-state index is 13.4. The van der Waals surface area contributed by atoms with Crippen molar-refractivity contribution in [1.82, 2.24) is 0 Å². The van der Waals surface area contributed by atoms with Gasteiger partial charge in [-0.3, -0.25) is 4.79 Å². The molecule has 0 aliphatic rings. The molecule has 0 aliphatic heterocycles. The van der Waals surface area contributed by atoms with Gasteiger partial charge in [0, 0.05) is 12.0 Å². The summed E-state index contributed by atoms with van der Waals surface area (Å²) in [5, 5.41) is 2.57. The average molecular weight is 565 g/mol. The maximum absolute atomic E-state index is 13.4. The van der Waals surface area contributed by atoms with E-state index in [2.05, 4.69) is 5.32 Å². The summed E-state index contributed by atoms with van der Waals surface area (Å²) in [5.74, 6) is -0.104. The molecule has 0 saturated carbocycles. The summed E-state index contributed by atoms with van der Waals surface area (Å²) in [5.41, 5.74) is 4.00. The molecule has 0 atom stereocenters. The molecule has 3 N–H and O–H groups in total. The SMILES string of the molecule is CCC(=O)Nc1ccc(OC)c(-c2ccc(Cl)c(Cl)c2Cc2cc(C(F)(F)F)cc(C(F)(F)F)c2)c1N. The lowest BCUT2D eigenvalue weighted by atomic mass is 9.91. The third-order valence-corrected chi connectivity index (χ3v) is 6.36. The first-order chi connectivity index (χ1) is 17.2. The van der Waals surface area contributed by atoms with Crippen LogP contribution in [0.3, 0.4) is 0 Å². The number of hydrogen-bond donors (Lipinski definition) is 2. The first-order valence-electron chi connectivity index (χ1n) is 10.7. The molecule has 0 heterocycles. The van der Waals surface area contributed by atoms with Crippen LogP contribution in [0.15, 0.2) is 42.5 Å². The smallest absolute Gasteiger partial charge is 0.416 e. The number of amides is 1. The quantitative estimate of drug-likeness (QED) is 0.234. The molecule has 3 rings (SSSR count). The number of carbonyl (C=O) groups is 1. The van der Waals surface area contributed by atoms with Crippen LogP contribution in [0.5, 0.6) is 5.75 Å². The predicted octanol–water partition coefficient (Wildman–Crippen LogP) is 8.23. The summed E-state index contributed by atoms with van der Waals surface area (Å²) >= 11 is 12.6. The minimum absolute atomic E-state index is 0.0245. The van der Waals surface area contributed by atoms with Crippen LogP contribution in [0, 0.1) is 0 Å². The molecule has 1 amide bonds. The Morgan fingerprint density at radius 2 is 1.57 bits per heavy atom. The zero-order valence-corrected chi connectivity index (χ0v) is 20.9. The van der Waals surface area contributed by atoms with Crippen molar-refractivity contribution in [2.75, 3.05) is 18.2 Å². The Morgan fingerprint density at radius 3 is 2.08 bits per heavy atom. The number of benzene rings is 3. The Kier molecular flexibility index (Phi) is 8.24. The van der Waals surface area contributed by atoms with Gasteiger partial charge in [-0.1, -0.05) is 36.2 Å². The van der Waals surface area contributed by atoms with Crippen molar-refractivity contribution >= 4 is 40.5 Å². The van der Waals surface area contributed by atoms with Crippen LogP contribution in [0.2, 0.25) is 10.0 Å². The van der Waals surface area contributed by atoms with Gasteiger partial charge in [0.2, 0.25) is 5.91 Å². The number of alkyl halides is 6. The summed E-state index contributed by atoms with van der Waals surface area (Å²) < 4.78 is 85.9. The molecule has 0 fully saturated rings. The van der Waals surface area contributed by atoms with E-state index >= 15 is 0 Å². The molecule has 0 spiro atoms. The minimum Gasteiger partial charge on any atom is -0.496 e. The lowest BCUT2D eigenvalue weighted by Crippen LogP contribution is -2.13. The van der Waals surface area contributed by atoms with Crippen molar-refractivity contribution in [3.05, 3.63) is 74.8 Å². The molecule has 4 nitrogen and oxygen atoms in total. The summed E-state index contributed by atoms with van der Waals surface area (Å²) in [6, 6.07) is 7.18. The van der Waals surface area contributed by atoms with E-state index in [-0.39, 0.29) is 67.8 Å². The zero-order chi connectivity index (χ0) is 27.7. The zero-order valence-electron chi connectivity index (χ0n) is 19.4. The summed E-state index contributed by atoms with van der Waals surface area (Å²) in [6.45, 7) is 1.64. The summed E-state index contributed by atoms with van der Waals surface area (Å²) in [4.78, 5) is 11.9. The van der Waals surface area contributed by atoms with E-state index in [9.17, 15) is 31.1 Å². The molecular weight excluding hydrogens is 545 g/mol. The first kappa shape index (κ1) is 28.5. The topological polar surface area (TPSA) is 64.3 Å². The number of rotatable bonds is 6. The van der Waals surface area contributed by atoms with Crippen LogP contribution in [-0.2, 0) is 23.6 Å². The van der Waals surface area contributed by atoms with Crippen LogP contribution in [0.1, 0.15) is 35.6 Å². The Hall–Kier alpha value is -3.11. The second kappa shape index (κ2) is 10.7. The van der Waals surface area contributed by atoms with Gasteiger partial charge in [0.15, 0.2) is 0 Å². The first-order valence-corrected chi connectivity index (χ1v) is 11.4. The number of methoxy groups -OCH3 is 1. The van der Waals surface area contributed by atoms with E-state index in [0.29, 0.717) is 12.1 Å². The van der Waals surface area contributed by atoms with Crippen LogP contribution in [0.4, 0.5) is 37.7 Å². The Balaban J connectivity index is 2.27. The number of nitrogens with two attached hydrogens (primary N) is 1. The highest BCUT2D eigenvalue weighted by Gasteiger charge is 2.37. The number of hydrogen-bond acceptors (Lipinski definition) is 3. The highest BCUT2D eigenvalue weighted by molar-refractivity contribution is 6.42. The number of nitrogens with one attached hydrogen (secondary N) is 1. The molecule has 0 saturated heterocycles. The van der Waals surface area contributed by atoms with E-state index < -0.39 is 29.9 Å². The van der Waals surface area contributed by atoms with Gasteiger partial charge in [-0.25, -0.2) is 0 Å². The lowest BCUT2D eigenvalue weighted by molar-refractivity contribution is -0.143. The van der Waals surface area contributed by atoms with E-state index in [1.54, 1.807) is 6.92 Å². The van der Waals surface area contributed by atoms with Gasteiger partial charge in [0.25, 0.3) is 0 Å². The lowest BCUT2D eigenvalue weighted by Gasteiger charge is -2.20. The van der Waals surface area contributed by atoms with Crippen molar-refractivity contribution in [3.63, 3.8) is 0 Å². The molecule has 0 aromatic heterocycles. The number of nitrogen functional groups attached to an aromatic ring is 1. The Labute approximate surface area is 218 Å². The van der Waals surface area contributed by atoms with E-state index in [1.807, 2.05) is 0 Å². The predicted molar refractivity (Wildman–Crippen MR) is 131 cm³/mol. The molecule has 0 radical (unpaired) electrons. The van der Waals surface area contributed by atoms with Crippen molar-refractivity contribution in [2.24, 2.45) is 0 Å². The van der Waals surface area contributed by atoms with Gasteiger partial charge in [-0.15, -0.1) is 0 Å². The van der Waals surface area contributed by atoms with Gasteiger partial charge in [-0.05, 0) is 59.5 Å². The molecule has 0 aliphatic carbocycles. The minimum atomic E-state index is -5.02. The van der Waals surface area contributed by atoms with Crippen molar-refractivity contribution in [2.45, 2.75) is 32.1 Å². The number of carbonyl (C=O) groups excluding carboxylic acids is 1. The fourth-order valence-corrected chi connectivity index (χ4v) is 4.13. The van der Waals surface area contributed by atoms with E-state index in [0.717, 1.165) is 0 Å². The van der Waals surface area contributed by atoms with Crippen LogP contribution < -0.4 is 15.8 Å². The number of anilines is 2. The van der Waals surface area contributed by atoms with Crippen LogP contribution in [-0.4, -0.2) is 13.0 Å². The molecule has 0 unspecified atom stereocenters. The van der Waals surface area contributed by atoms with Crippen molar-refractivity contribution in [1.29, 1.82) is 0 Å². The van der Waals surface area contributed by atoms with E-state index in [4.69, 9.17) is 33.7 Å². The highest BCUT2D eigenvalue weighted by atomic mass is 35.5.